The molecule has 0 fully saturated rings. The van der Waals surface area contributed by atoms with Crippen LogP contribution >= 0.6 is 11.8 Å². The van der Waals surface area contributed by atoms with Gasteiger partial charge in [0.2, 0.25) is 5.91 Å². The molecule has 152 valence electrons. The van der Waals surface area contributed by atoms with Gasteiger partial charge in [-0.25, -0.2) is 4.79 Å². The van der Waals surface area contributed by atoms with Crippen molar-refractivity contribution in [2.45, 2.75) is 43.8 Å². The highest BCUT2D eigenvalue weighted by Crippen LogP contribution is 2.22. The molecule has 1 aromatic carbocycles. The lowest BCUT2D eigenvalue weighted by atomic mass is 10.3. The average Bonchev–Trinajstić information content (AvgIpc) is 2.99. The second-order valence-electron chi connectivity index (χ2n) is 6.30. The lowest BCUT2D eigenvalue weighted by Gasteiger charge is -2.13. The topological polar surface area (TPSA) is 107 Å². The fraction of sp³-hybridized carbons (Fsp3) is 0.444. The second-order valence-corrected chi connectivity index (χ2v) is 7.61. The maximum Gasteiger partial charge on any atom is 0.321 e. The molecule has 0 aliphatic carbocycles. The van der Waals surface area contributed by atoms with Gasteiger partial charge >= 0.3 is 6.03 Å². The van der Waals surface area contributed by atoms with Crippen LogP contribution in [0.3, 0.4) is 0 Å². The Morgan fingerprint density at radius 3 is 2.39 bits per heavy atom. The Bertz CT molecular complexity index is 807. The summed E-state index contributed by atoms with van der Waals surface area (Å²) in [5.74, 6) is 1.65. The highest BCUT2D eigenvalue weighted by atomic mass is 32.2. The van der Waals surface area contributed by atoms with Gasteiger partial charge in [0.15, 0.2) is 11.0 Å². The molecule has 0 spiro atoms. The number of imide groups is 1. The number of carbonyl (C=O) groups is 2. The van der Waals surface area contributed by atoms with Crippen molar-refractivity contribution >= 4 is 23.7 Å². The summed E-state index contributed by atoms with van der Waals surface area (Å²) in [5, 5.41) is 13.2. The fourth-order valence-corrected chi connectivity index (χ4v) is 2.95. The third-order valence-corrected chi connectivity index (χ3v) is 4.79. The maximum absolute atomic E-state index is 12.1. The smallest absolute Gasteiger partial charge is 0.321 e. The summed E-state index contributed by atoms with van der Waals surface area (Å²) >= 11 is 1.21. The summed E-state index contributed by atoms with van der Waals surface area (Å²) in [6.45, 7) is 5.56. The van der Waals surface area contributed by atoms with Crippen molar-refractivity contribution in [3.05, 3.63) is 30.1 Å². The number of hydrogen-bond donors (Lipinski definition) is 2. The predicted octanol–water partition coefficient (Wildman–Crippen LogP) is 2.12. The second kappa shape index (κ2) is 9.98. The van der Waals surface area contributed by atoms with Crippen molar-refractivity contribution in [1.29, 1.82) is 0 Å². The van der Waals surface area contributed by atoms with E-state index in [1.54, 1.807) is 37.8 Å². The van der Waals surface area contributed by atoms with Crippen LogP contribution in [0.2, 0.25) is 0 Å². The minimum absolute atomic E-state index is 0.0530. The molecule has 0 aliphatic heterocycles. The van der Waals surface area contributed by atoms with E-state index in [-0.39, 0.29) is 12.6 Å². The zero-order chi connectivity index (χ0) is 20.7. The van der Waals surface area contributed by atoms with Gasteiger partial charge in [-0.1, -0.05) is 11.8 Å². The van der Waals surface area contributed by atoms with Crippen LogP contribution in [0.15, 0.2) is 29.4 Å². The Labute approximate surface area is 168 Å². The number of hydrogen-bond acceptors (Lipinski definition) is 7. The molecule has 0 radical (unpaired) electrons. The standard InChI is InChI=1S/C18H25N5O4S/c1-11(2)19-17(25)20-16(24)12(3)28-18-22-21-15(23(18)4)10-27-14-8-6-13(26-5)7-9-14/h6-9,11-12H,10H2,1-5H3,(H2,19,20,24,25)/t12-/m0/s1. The van der Waals surface area contributed by atoms with Gasteiger partial charge in [-0.05, 0) is 45.0 Å². The number of nitrogens with one attached hydrogen (secondary N) is 2. The van der Waals surface area contributed by atoms with Crippen molar-refractivity contribution in [3.63, 3.8) is 0 Å². The monoisotopic (exact) mass is 407 g/mol. The van der Waals surface area contributed by atoms with Crippen molar-refractivity contribution in [2.24, 2.45) is 7.05 Å². The summed E-state index contributed by atoms with van der Waals surface area (Å²) in [6.07, 6.45) is 0. The van der Waals surface area contributed by atoms with Crippen molar-refractivity contribution < 1.29 is 19.1 Å². The van der Waals surface area contributed by atoms with Gasteiger partial charge < -0.3 is 19.4 Å². The van der Waals surface area contributed by atoms with Crippen LogP contribution < -0.4 is 20.1 Å². The minimum atomic E-state index is -0.517. The van der Waals surface area contributed by atoms with Gasteiger partial charge in [0, 0.05) is 13.1 Å². The summed E-state index contributed by atoms with van der Waals surface area (Å²) in [5.41, 5.74) is 0. The van der Waals surface area contributed by atoms with Crippen LogP contribution in [0.5, 0.6) is 11.5 Å². The quantitative estimate of drug-likeness (QED) is 0.645. The number of benzene rings is 1. The third kappa shape index (κ3) is 6.15. The third-order valence-electron chi connectivity index (χ3n) is 3.66. The van der Waals surface area contributed by atoms with E-state index in [9.17, 15) is 9.59 Å². The van der Waals surface area contributed by atoms with Crippen LogP contribution in [0.4, 0.5) is 4.79 Å². The number of amides is 3. The molecule has 0 aliphatic rings. The van der Waals surface area contributed by atoms with Gasteiger partial charge in [0.1, 0.15) is 18.1 Å². The normalized spacial score (nSPS) is 11.8. The molecule has 2 N–H and O–H groups in total. The number of aromatic nitrogens is 3. The first-order chi connectivity index (χ1) is 13.3. The Hall–Kier alpha value is -2.75. The Morgan fingerprint density at radius 1 is 1.14 bits per heavy atom. The molecule has 2 rings (SSSR count). The average molecular weight is 407 g/mol. The van der Waals surface area contributed by atoms with Crippen LogP contribution in [-0.2, 0) is 18.4 Å². The Kier molecular flexibility index (Phi) is 7.68. The highest BCUT2D eigenvalue weighted by Gasteiger charge is 2.21. The first kappa shape index (κ1) is 21.5. The minimum Gasteiger partial charge on any atom is -0.497 e. The maximum atomic E-state index is 12.1. The molecule has 0 saturated carbocycles. The molecule has 0 bridgehead atoms. The molecule has 2 aromatic rings. The molecule has 28 heavy (non-hydrogen) atoms. The van der Waals surface area contributed by atoms with Gasteiger partial charge in [-0.15, -0.1) is 10.2 Å². The van der Waals surface area contributed by atoms with E-state index in [1.807, 2.05) is 26.0 Å². The SMILES string of the molecule is COc1ccc(OCc2nnc(S[C@@H](C)C(=O)NC(=O)NC(C)C)n2C)cc1. The van der Waals surface area contributed by atoms with Crippen LogP contribution in [0.25, 0.3) is 0 Å². The van der Waals surface area contributed by atoms with E-state index >= 15 is 0 Å². The summed E-state index contributed by atoms with van der Waals surface area (Å²) in [4.78, 5) is 23.8. The number of ether oxygens (including phenoxy) is 2. The molecular weight excluding hydrogens is 382 g/mol. The molecule has 10 heteroatoms. The Morgan fingerprint density at radius 2 is 1.79 bits per heavy atom. The van der Waals surface area contributed by atoms with Crippen molar-refractivity contribution in [3.8, 4) is 11.5 Å². The molecular formula is C18H25N5O4S. The number of rotatable bonds is 8. The van der Waals surface area contributed by atoms with E-state index in [0.29, 0.717) is 16.7 Å². The summed E-state index contributed by atoms with van der Waals surface area (Å²) in [7, 11) is 3.40. The number of thioether (sulfide) groups is 1. The van der Waals surface area contributed by atoms with Crippen LogP contribution in [-0.4, -0.2) is 45.1 Å². The van der Waals surface area contributed by atoms with Gasteiger partial charge in [0.25, 0.3) is 0 Å². The first-order valence-electron chi connectivity index (χ1n) is 8.73. The zero-order valence-corrected chi connectivity index (χ0v) is 17.4. The largest absolute Gasteiger partial charge is 0.497 e. The Balaban J connectivity index is 1.90. The lowest BCUT2D eigenvalue weighted by molar-refractivity contribution is -0.119. The van der Waals surface area contributed by atoms with Crippen LogP contribution in [0, 0.1) is 0 Å². The van der Waals surface area contributed by atoms with E-state index in [0.717, 1.165) is 5.75 Å². The molecule has 9 nitrogen and oxygen atoms in total. The summed E-state index contributed by atoms with van der Waals surface area (Å²) in [6, 6.07) is 6.66. The molecule has 1 aromatic heterocycles. The number of methoxy groups -OCH3 is 1. The van der Waals surface area contributed by atoms with E-state index in [2.05, 4.69) is 20.8 Å². The molecule has 0 unspecified atom stereocenters. The number of urea groups is 1. The molecule has 1 heterocycles. The van der Waals surface area contributed by atoms with Crippen LogP contribution in [0.1, 0.15) is 26.6 Å². The van der Waals surface area contributed by atoms with E-state index in [1.165, 1.54) is 11.8 Å². The molecule has 3 amide bonds. The van der Waals surface area contributed by atoms with Crippen molar-refractivity contribution in [2.75, 3.05) is 7.11 Å². The van der Waals surface area contributed by atoms with E-state index in [4.69, 9.17) is 9.47 Å². The zero-order valence-electron chi connectivity index (χ0n) is 16.6. The van der Waals surface area contributed by atoms with Crippen molar-refractivity contribution in [1.82, 2.24) is 25.4 Å². The molecule has 0 saturated heterocycles. The fourth-order valence-electron chi connectivity index (χ4n) is 2.12. The lowest BCUT2D eigenvalue weighted by Crippen LogP contribution is -2.45. The van der Waals surface area contributed by atoms with Gasteiger partial charge in [0.05, 0.1) is 12.4 Å². The predicted molar refractivity (Wildman–Crippen MR) is 105 cm³/mol. The number of carbonyl (C=O) groups excluding carboxylic acids is 2. The molecule has 1 atom stereocenters. The summed E-state index contributed by atoms with van der Waals surface area (Å²) < 4.78 is 12.6. The van der Waals surface area contributed by atoms with Gasteiger partial charge in [-0.2, -0.15) is 0 Å². The van der Waals surface area contributed by atoms with Gasteiger partial charge in [-0.3, -0.25) is 10.1 Å². The van der Waals surface area contributed by atoms with E-state index < -0.39 is 17.2 Å². The first-order valence-corrected chi connectivity index (χ1v) is 9.61. The highest BCUT2D eigenvalue weighted by molar-refractivity contribution is 8.00. The number of nitrogens with zero attached hydrogens (tertiary/aromatic N) is 3.